The van der Waals surface area contributed by atoms with Gasteiger partial charge in [0.05, 0.1) is 6.61 Å². The van der Waals surface area contributed by atoms with Gasteiger partial charge in [0, 0.05) is 12.8 Å². The molecule has 1 fully saturated rings. The zero-order chi connectivity index (χ0) is 44.3. The van der Waals surface area contributed by atoms with Crippen molar-refractivity contribution in [2.24, 2.45) is 0 Å². The first kappa shape index (κ1) is 56.1. The Balaban J connectivity index is 2.46. The number of allylic oxidation sites excluding steroid dienone is 6. The second kappa shape index (κ2) is 36.5. The molecule has 0 radical (unpaired) electrons. The van der Waals surface area contributed by atoms with Crippen LogP contribution in [0.2, 0.25) is 0 Å². The van der Waals surface area contributed by atoms with Gasteiger partial charge in [-0.05, 0) is 44.9 Å². The molecular formula is C46H83O13P. The van der Waals surface area contributed by atoms with Gasteiger partial charge in [-0.25, -0.2) is 4.57 Å². The molecule has 0 aromatic carbocycles. The molecule has 350 valence electrons. The lowest BCUT2D eigenvalue weighted by atomic mass is 9.85. The van der Waals surface area contributed by atoms with Crippen LogP contribution in [0.5, 0.6) is 0 Å². The Morgan fingerprint density at radius 2 is 0.950 bits per heavy atom. The van der Waals surface area contributed by atoms with Crippen molar-refractivity contribution < 1.29 is 63.1 Å². The van der Waals surface area contributed by atoms with Crippen LogP contribution in [0, 0.1) is 0 Å². The Hall–Kier alpha value is -1.93. The summed E-state index contributed by atoms with van der Waals surface area (Å²) in [5.41, 5.74) is 0. The number of hydrogen-bond acceptors (Lipinski definition) is 12. The summed E-state index contributed by atoms with van der Waals surface area (Å²) in [6.45, 7) is 3.18. The SMILES string of the molecule is CC/C=C\C/C=C\C/C=C\CCCCCCCC(=O)OC[C@H](COP(=O)(O)OC1C(O)C(O)C(O)[C@@H](O)C1O)OC(=O)CCCCCCCCCCCCCCCCCC. The standard InChI is InChI=1S/C46H83O13P/c1-3-5-7-9-11-13-15-17-19-21-23-25-27-29-31-33-35-40(48)58-38(37-57-60(54,55)59-46-44(52)42(50)41(49)43(51)45(46)53)36-56-39(47)34-32-30-28-26-24-22-20-18-16-14-12-10-8-6-4-2/h6,8,12,14,18,20,38,41-46,49-53H,3-5,7,9-11,13,15-17,19,21-37H2,1-2H3,(H,54,55)/b8-6-,14-12-,20-18-/t38-,41?,42-,43?,44?,45?,46?/m1/s1. The van der Waals surface area contributed by atoms with Gasteiger partial charge < -0.3 is 39.9 Å². The number of aliphatic hydroxyl groups excluding tert-OH is 5. The molecular weight excluding hydrogens is 791 g/mol. The quantitative estimate of drug-likeness (QED) is 0.0148. The third-order valence-corrected chi connectivity index (χ3v) is 11.7. The first-order chi connectivity index (χ1) is 28.9. The molecule has 1 rings (SSSR count). The summed E-state index contributed by atoms with van der Waals surface area (Å²) in [6.07, 6.45) is 27.7. The Morgan fingerprint density at radius 3 is 1.45 bits per heavy atom. The van der Waals surface area contributed by atoms with E-state index >= 15 is 0 Å². The number of phosphoric acid groups is 1. The van der Waals surface area contributed by atoms with Crippen molar-refractivity contribution >= 4 is 19.8 Å². The summed E-state index contributed by atoms with van der Waals surface area (Å²) in [5, 5.41) is 50.1. The van der Waals surface area contributed by atoms with E-state index in [-0.39, 0.29) is 12.8 Å². The van der Waals surface area contributed by atoms with Crippen LogP contribution in [-0.2, 0) is 32.7 Å². The highest BCUT2D eigenvalue weighted by molar-refractivity contribution is 7.47. The first-order valence-corrected chi connectivity index (χ1v) is 24.8. The molecule has 6 unspecified atom stereocenters. The molecule has 14 heteroatoms. The van der Waals surface area contributed by atoms with Crippen LogP contribution in [0.4, 0.5) is 0 Å². The predicted octanol–water partition coefficient (Wildman–Crippen LogP) is 9.00. The summed E-state index contributed by atoms with van der Waals surface area (Å²) < 4.78 is 33.5. The summed E-state index contributed by atoms with van der Waals surface area (Å²) in [5.74, 6) is -1.11. The monoisotopic (exact) mass is 875 g/mol. The molecule has 0 saturated heterocycles. The fourth-order valence-electron chi connectivity index (χ4n) is 7.01. The molecule has 0 amide bonds. The number of rotatable bonds is 38. The van der Waals surface area contributed by atoms with Crippen LogP contribution in [0.25, 0.3) is 0 Å². The largest absolute Gasteiger partial charge is 0.472 e. The van der Waals surface area contributed by atoms with E-state index in [9.17, 15) is 44.6 Å². The molecule has 0 aromatic heterocycles. The highest BCUT2D eigenvalue weighted by Crippen LogP contribution is 2.47. The minimum absolute atomic E-state index is 0.0958. The van der Waals surface area contributed by atoms with Crippen LogP contribution in [0.3, 0.4) is 0 Å². The Morgan fingerprint density at radius 1 is 0.533 bits per heavy atom. The molecule has 60 heavy (non-hydrogen) atoms. The molecule has 0 aliphatic heterocycles. The summed E-state index contributed by atoms with van der Waals surface area (Å²) in [6, 6.07) is 0. The first-order valence-electron chi connectivity index (χ1n) is 23.3. The Bertz CT molecular complexity index is 1190. The van der Waals surface area contributed by atoms with Gasteiger partial charge in [-0.3, -0.25) is 18.6 Å². The van der Waals surface area contributed by atoms with Crippen molar-refractivity contribution in [1.82, 2.24) is 0 Å². The van der Waals surface area contributed by atoms with Gasteiger partial charge in [0.25, 0.3) is 0 Å². The van der Waals surface area contributed by atoms with E-state index in [1.54, 1.807) is 0 Å². The van der Waals surface area contributed by atoms with E-state index in [0.717, 1.165) is 77.0 Å². The smallest absolute Gasteiger partial charge is 0.462 e. The lowest BCUT2D eigenvalue weighted by Crippen LogP contribution is -2.64. The van der Waals surface area contributed by atoms with Crippen LogP contribution in [0.1, 0.15) is 187 Å². The van der Waals surface area contributed by atoms with Crippen LogP contribution < -0.4 is 0 Å². The zero-order valence-electron chi connectivity index (χ0n) is 37.0. The second-order valence-electron chi connectivity index (χ2n) is 16.2. The van der Waals surface area contributed by atoms with E-state index < -0.39 is 75.7 Å². The lowest BCUT2D eigenvalue weighted by Gasteiger charge is -2.41. The van der Waals surface area contributed by atoms with E-state index in [0.29, 0.717) is 12.8 Å². The number of carbonyl (C=O) groups excluding carboxylic acids is 2. The van der Waals surface area contributed by atoms with Gasteiger partial charge in [-0.1, -0.05) is 166 Å². The maximum atomic E-state index is 12.8. The maximum Gasteiger partial charge on any atom is 0.472 e. The molecule has 0 heterocycles. The van der Waals surface area contributed by atoms with Gasteiger partial charge in [-0.15, -0.1) is 0 Å². The van der Waals surface area contributed by atoms with Gasteiger partial charge in [-0.2, -0.15) is 0 Å². The molecule has 0 spiro atoms. The van der Waals surface area contributed by atoms with Crippen molar-refractivity contribution in [3.05, 3.63) is 36.5 Å². The number of carbonyl (C=O) groups is 2. The van der Waals surface area contributed by atoms with Crippen molar-refractivity contribution in [3.8, 4) is 0 Å². The highest BCUT2D eigenvalue weighted by atomic mass is 31.2. The van der Waals surface area contributed by atoms with E-state index in [1.165, 1.54) is 70.6 Å². The molecule has 1 aliphatic rings. The fraction of sp³-hybridized carbons (Fsp3) is 0.826. The number of phosphoric ester groups is 1. The van der Waals surface area contributed by atoms with Gasteiger partial charge in [0.1, 0.15) is 43.2 Å². The average molecular weight is 875 g/mol. The van der Waals surface area contributed by atoms with Gasteiger partial charge >= 0.3 is 19.8 Å². The Kier molecular flexibility index (Phi) is 34.2. The van der Waals surface area contributed by atoms with Crippen molar-refractivity contribution in [2.45, 2.75) is 230 Å². The predicted molar refractivity (Wildman–Crippen MR) is 235 cm³/mol. The van der Waals surface area contributed by atoms with Crippen molar-refractivity contribution in [2.75, 3.05) is 13.2 Å². The molecule has 1 aliphatic carbocycles. The molecule has 13 nitrogen and oxygen atoms in total. The molecule has 0 aromatic rings. The van der Waals surface area contributed by atoms with Crippen LogP contribution >= 0.6 is 7.82 Å². The second-order valence-corrected chi connectivity index (χ2v) is 17.6. The van der Waals surface area contributed by atoms with Crippen molar-refractivity contribution in [1.29, 1.82) is 0 Å². The molecule has 6 N–H and O–H groups in total. The number of esters is 2. The average Bonchev–Trinajstić information content (AvgIpc) is 3.23. The lowest BCUT2D eigenvalue weighted by molar-refractivity contribution is -0.220. The number of ether oxygens (including phenoxy) is 2. The summed E-state index contributed by atoms with van der Waals surface area (Å²) >= 11 is 0. The summed E-state index contributed by atoms with van der Waals surface area (Å²) in [7, 11) is -5.12. The van der Waals surface area contributed by atoms with Gasteiger partial charge in [0.2, 0.25) is 0 Å². The number of unbranched alkanes of at least 4 members (excludes halogenated alkanes) is 20. The van der Waals surface area contributed by atoms with Gasteiger partial charge in [0.15, 0.2) is 6.10 Å². The number of aliphatic hydroxyl groups is 5. The Labute approximate surface area is 361 Å². The third-order valence-electron chi connectivity index (χ3n) is 10.7. The van der Waals surface area contributed by atoms with E-state index in [4.69, 9.17) is 18.5 Å². The molecule has 8 atom stereocenters. The highest BCUT2D eigenvalue weighted by Gasteiger charge is 2.51. The summed E-state index contributed by atoms with van der Waals surface area (Å²) in [4.78, 5) is 35.7. The third kappa shape index (κ3) is 28.6. The molecule has 1 saturated carbocycles. The van der Waals surface area contributed by atoms with E-state index in [1.807, 2.05) is 0 Å². The van der Waals surface area contributed by atoms with Crippen molar-refractivity contribution in [3.63, 3.8) is 0 Å². The van der Waals surface area contributed by atoms with Crippen LogP contribution in [-0.4, -0.2) is 98.3 Å². The minimum atomic E-state index is -5.12. The molecule has 0 bridgehead atoms. The maximum absolute atomic E-state index is 12.8. The van der Waals surface area contributed by atoms with E-state index in [2.05, 4.69) is 50.3 Å². The minimum Gasteiger partial charge on any atom is -0.462 e. The fourth-order valence-corrected chi connectivity index (χ4v) is 7.98. The zero-order valence-corrected chi connectivity index (χ0v) is 37.9. The normalized spacial score (nSPS) is 22.5. The number of hydrogen-bond donors (Lipinski definition) is 6. The topological polar surface area (TPSA) is 210 Å². The van der Waals surface area contributed by atoms with Crippen LogP contribution in [0.15, 0.2) is 36.5 Å².